The van der Waals surface area contributed by atoms with E-state index in [0.717, 1.165) is 45.0 Å². The van der Waals surface area contributed by atoms with E-state index in [0.29, 0.717) is 18.3 Å². The van der Waals surface area contributed by atoms with Crippen LogP contribution in [-0.4, -0.2) is 73.5 Å². The van der Waals surface area contributed by atoms with E-state index in [-0.39, 0.29) is 5.91 Å². The van der Waals surface area contributed by atoms with Crippen LogP contribution in [0.4, 0.5) is 5.82 Å². The van der Waals surface area contributed by atoms with Crippen LogP contribution < -0.4 is 10.2 Å². The average molecular weight is 321 g/mol. The Kier molecular flexibility index (Phi) is 6.73. The lowest BCUT2D eigenvalue weighted by Gasteiger charge is -2.41. The van der Waals surface area contributed by atoms with Gasteiger partial charge < -0.3 is 15.0 Å². The number of amides is 1. The fourth-order valence-corrected chi connectivity index (χ4v) is 2.86. The van der Waals surface area contributed by atoms with Crippen molar-refractivity contribution in [3.8, 4) is 0 Å². The highest BCUT2D eigenvalue weighted by molar-refractivity contribution is 5.92. The van der Waals surface area contributed by atoms with E-state index in [2.05, 4.69) is 32.2 Å². The number of rotatable bonds is 7. The minimum Gasteiger partial charge on any atom is -0.383 e. The number of hydrogen-bond acceptors (Lipinski definition) is 6. The van der Waals surface area contributed by atoms with E-state index in [1.54, 1.807) is 13.2 Å². The molecule has 1 aromatic rings. The van der Waals surface area contributed by atoms with Crippen molar-refractivity contribution in [2.24, 2.45) is 0 Å². The molecule has 2 rings (SSSR count). The fraction of sp³-hybridized carbons (Fsp3) is 0.688. The number of hydrogen-bond donors (Lipinski definition) is 1. The Hall–Kier alpha value is -1.73. The van der Waals surface area contributed by atoms with E-state index < -0.39 is 0 Å². The normalized spacial score (nSPS) is 18.9. The predicted octanol–water partition coefficient (Wildman–Crippen LogP) is 0.773. The second-order valence-electron chi connectivity index (χ2n) is 5.67. The van der Waals surface area contributed by atoms with Crippen LogP contribution in [0.25, 0.3) is 0 Å². The summed E-state index contributed by atoms with van der Waals surface area (Å²) in [6.45, 7) is 9.23. The molecular formula is C16H27N5O2. The molecular weight excluding hydrogens is 294 g/mol. The summed E-state index contributed by atoms with van der Waals surface area (Å²) in [5.74, 6) is 0.658. The predicted molar refractivity (Wildman–Crippen MR) is 89.8 cm³/mol. The van der Waals surface area contributed by atoms with Crippen molar-refractivity contribution < 1.29 is 9.53 Å². The molecule has 1 unspecified atom stereocenters. The Morgan fingerprint density at radius 1 is 1.35 bits per heavy atom. The van der Waals surface area contributed by atoms with E-state index in [4.69, 9.17) is 4.74 Å². The van der Waals surface area contributed by atoms with Crippen LogP contribution in [0, 0.1) is 0 Å². The van der Waals surface area contributed by atoms with Crippen molar-refractivity contribution in [1.29, 1.82) is 0 Å². The summed E-state index contributed by atoms with van der Waals surface area (Å²) < 4.78 is 5.19. The van der Waals surface area contributed by atoms with Gasteiger partial charge in [0.1, 0.15) is 0 Å². The van der Waals surface area contributed by atoms with Crippen LogP contribution in [0.3, 0.4) is 0 Å². The summed E-state index contributed by atoms with van der Waals surface area (Å²) in [6.07, 6.45) is 1.09. The van der Waals surface area contributed by atoms with Gasteiger partial charge >= 0.3 is 0 Å². The summed E-state index contributed by atoms with van der Waals surface area (Å²) >= 11 is 0. The van der Waals surface area contributed by atoms with Gasteiger partial charge in [0.25, 0.3) is 5.91 Å². The molecule has 1 aromatic heterocycles. The molecule has 0 spiro atoms. The number of anilines is 1. The van der Waals surface area contributed by atoms with Gasteiger partial charge in [-0.2, -0.15) is 0 Å². The molecule has 2 heterocycles. The summed E-state index contributed by atoms with van der Waals surface area (Å²) in [4.78, 5) is 16.4. The Morgan fingerprint density at radius 2 is 2.17 bits per heavy atom. The first kappa shape index (κ1) is 17.6. The number of aromatic nitrogens is 2. The third-order valence-corrected chi connectivity index (χ3v) is 4.20. The van der Waals surface area contributed by atoms with Crippen LogP contribution in [0.5, 0.6) is 0 Å². The molecule has 1 N–H and O–H groups in total. The van der Waals surface area contributed by atoms with Gasteiger partial charge in [-0.15, -0.1) is 10.2 Å². The largest absolute Gasteiger partial charge is 0.383 e. The zero-order valence-electron chi connectivity index (χ0n) is 14.3. The topological polar surface area (TPSA) is 70.6 Å². The van der Waals surface area contributed by atoms with Crippen LogP contribution in [-0.2, 0) is 4.74 Å². The molecule has 1 aliphatic heterocycles. The van der Waals surface area contributed by atoms with E-state index in [1.807, 2.05) is 13.0 Å². The van der Waals surface area contributed by atoms with Gasteiger partial charge in [-0.3, -0.25) is 9.69 Å². The standard InChI is InChI=1S/C16H27N5O2/c1-4-13-12-21(9-8-20(13)10-11-23-3)15-7-6-14(18-19-15)16(22)17-5-2/h6-7,13H,4-5,8-12H2,1-3H3,(H,17,22). The van der Waals surface area contributed by atoms with Gasteiger partial charge in [0, 0.05) is 45.9 Å². The lowest BCUT2D eigenvalue weighted by atomic mass is 10.1. The van der Waals surface area contributed by atoms with E-state index in [1.165, 1.54) is 0 Å². The zero-order chi connectivity index (χ0) is 16.7. The first-order valence-corrected chi connectivity index (χ1v) is 8.29. The van der Waals surface area contributed by atoms with Crippen molar-refractivity contribution in [1.82, 2.24) is 20.4 Å². The maximum absolute atomic E-state index is 11.7. The minimum absolute atomic E-state index is 0.178. The van der Waals surface area contributed by atoms with Crippen molar-refractivity contribution in [3.05, 3.63) is 17.8 Å². The summed E-state index contributed by atoms with van der Waals surface area (Å²) in [7, 11) is 1.74. The first-order chi connectivity index (χ1) is 11.2. The van der Waals surface area contributed by atoms with Crippen molar-refractivity contribution in [2.75, 3.05) is 51.3 Å². The van der Waals surface area contributed by atoms with Crippen LogP contribution in [0.1, 0.15) is 30.8 Å². The number of carbonyl (C=O) groups is 1. The third-order valence-electron chi connectivity index (χ3n) is 4.20. The highest BCUT2D eigenvalue weighted by Gasteiger charge is 2.26. The summed E-state index contributed by atoms with van der Waals surface area (Å²) in [5.41, 5.74) is 0.362. The molecule has 1 atom stereocenters. The summed E-state index contributed by atoms with van der Waals surface area (Å²) in [6, 6.07) is 4.12. The Morgan fingerprint density at radius 3 is 2.78 bits per heavy atom. The van der Waals surface area contributed by atoms with Gasteiger partial charge in [0.2, 0.25) is 0 Å². The quantitative estimate of drug-likeness (QED) is 0.800. The Labute approximate surface area is 138 Å². The monoisotopic (exact) mass is 321 g/mol. The third kappa shape index (κ3) is 4.62. The Bertz CT molecular complexity index is 494. The van der Waals surface area contributed by atoms with Gasteiger partial charge in [0.15, 0.2) is 11.5 Å². The lowest BCUT2D eigenvalue weighted by Crippen LogP contribution is -2.54. The van der Waals surface area contributed by atoms with Crippen LogP contribution in [0.2, 0.25) is 0 Å². The highest BCUT2D eigenvalue weighted by Crippen LogP contribution is 2.18. The zero-order valence-corrected chi connectivity index (χ0v) is 14.3. The maximum Gasteiger partial charge on any atom is 0.271 e. The molecule has 1 saturated heterocycles. The van der Waals surface area contributed by atoms with Gasteiger partial charge in [-0.05, 0) is 25.5 Å². The number of nitrogens with one attached hydrogen (secondary N) is 1. The molecule has 128 valence electrons. The molecule has 0 aliphatic carbocycles. The van der Waals surface area contributed by atoms with Crippen molar-refractivity contribution in [3.63, 3.8) is 0 Å². The Balaban J connectivity index is 1.98. The number of nitrogens with zero attached hydrogens (tertiary/aromatic N) is 4. The second-order valence-corrected chi connectivity index (χ2v) is 5.67. The SMILES string of the molecule is CCNC(=O)c1ccc(N2CCN(CCOC)C(CC)C2)nn1. The highest BCUT2D eigenvalue weighted by atomic mass is 16.5. The number of piperazine rings is 1. The minimum atomic E-state index is -0.178. The molecule has 0 radical (unpaired) electrons. The van der Waals surface area contributed by atoms with E-state index in [9.17, 15) is 4.79 Å². The molecule has 1 fully saturated rings. The molecule has 1 aliphatic rings. The van der Waals surface area contributed by atoms with Gasteiger partial charge in [-0.25, -0.2) is 0 Å². The van der Waals surface area contributed by atoms with Crippen molar-refractivity contribution in [2.45, 2.75) is 26.3 Å². The molecule has 0 saturated carbocycles. The molecule has 7 nitrogen and oxygen atoms in total. The van der Waals surface area contributed by atoms with Gasteiger partial charge in [0.05, 0.1) is 6.61 Å². The molecule has 0 bridgehead atoms. The number of ether oxygens (including phenoxy) is 1. The van der Waals surface area contributed by atoms with Gasteiger partial charge in [-0.1, -0.05) is 6.92 Å². The first-order valence-electron chi connectivity index (χ1n) is 8.29. The smallest absolute Gasteiger partial charge is 0.271 e. The van der Waals surface area contributed by atoms with Crippen LogP contribution >= 0.6 is 0 Å². The fourth-order valence-electron chi connectivity index (χ4n) is 2.86. The van der Waals surface area contributed by atoms with Crippen LogP contribution in [0.15, 0.2) is 12.1 Å². The van der Waals surface area contributed by atoms with Crippen molar-refractivity contribution >= 4 is 11.7 Å². The number of methoxy groups -OCH3 is 1. The number of carbonyl (C=O) groups excluding carboxylic acids is 1. The maximum atomic E-state index is 11.7. The molecule has 23 heavy (non-hydrogen) atoms. The molecule has 0 aromatic carbocycles. The lowest BCUT2D eigenvalue weighted by molar-refractivity contribution is 0.0949. The molecule has 7 heteroatoms. The average Bonchev–Trinajstić information content (AvgIpc) is 2.60. The summed E-state index contributed by atoms with van der Waals surface area (Å²) in [5, 5.41) is 11.0. The molecule has 1 amide bonds. The van der Waals surface area contributed by atoms with E-state index >= 15 is 0 Å². The second kappa shape index (κ2) is 8.79.